The van der Waals surface area contributed by atoms with E-state index in [2.05, 4.69) is 188 Å². The lowest BCUT2D eigenvalue weighted by molar-refractivity contribution is 0.794. The molecule has 3 aliphatic rings. The quantitative estimate of drug-likeness (QED) is 0.182. The predicted molar refractivity (Wildman–Crippen MR) is 219 cm³/mol. The van der Waals surface area contributed by atoms with Gasteiger partial charge in [-0.05, 0) is 78.0 Å². The van der Waals surface area contributed by atoms with E-state index in [4.69, 9.17) is 4.98 Å². The normalized spacial score (nSPS) is 13.4. The van der Waals surface area contributed by atoms with Gasteiger partial charge in [-0.15, -0.1) is 0 Å². The summed E-state index contributed by atoms with van der Waals surface area (Å²) < 4.78 is 0. The molecule has 0 radical (unpaired) electrons. The fourth-order valence-corrected chi connectivity index (χ4v) is 10.0. The highest BCUT2D eigenvalue weighted by Gasteiger charge is 2.51. The molecule has 12 rings (SSSR count). The lowest BCUT2D eigenvalue weighted by Crippen LogP contribution is -2.25. The van der Waals surface area contributed by atoms with Crippen LogP contribution in [0.3, 0.4) is 0 Å². The van der Waals surface area contributed by atoms with Gasteiger partial charge < -0.3 is 0 Å². The maximum absolute atomic E-state index is 5.81. The van der Waals surface area contributed by atoms with E-state index in [1.54, 1.807) is 0 Å². The molecule has 0 unspecified atom stereocenters. The van der Waals surface area contributed by atoms with Gasteiger partial charge in [-0.3, -0.25) is 0 Å². The van der Waals surface area contributed by atoms with Crippen molar-refractivity contribution in [2.75, 3.05) is 0 Å². The molecule has 0 fully saturated rings. The molecule has 244 valence electrons. The summed E-state index contributed by atoms with van der Waals surface area (Å²) >= 11 is 0. The molecule has 1 nitrogen and oxygen atoms in total. The van der Waals surface area contributed by atoms with Crippen molar-refractivity contribution >= 4 is 10.8 Å². The molecule has 1 spiro atoms. The van der Waals surface area contributed by atoms with Crippen molar-refractivity contribution in [3.8, 4) is 78.1 Å². The maximum Gasteiger partial charge on any atom is 0.0794 e. The largest absolute Gasteiger partial charge is 0.246 e. The number of pyridine rings is 1. The fourth-order valence-electron chi connectivity index (χ4n) is 10.0. The molecule has 53 heavy (non-hydrogen) atoms. The Labute approximate surface area is 308 Å². The zero-order chi connectivity index (χ0) is 34.7. The Hall–Kier alpha value is -6.83. The Morgan fingerprint density at radius 1 is 0.302 bits per heavy atom. The van der Waals surface area contributed by atoms with Gasteiger partial charge in [0.1, 0.15) is 0 Å². The first-order valence-corrected chi connectivity index (χ1v) is 18.5. The second-order valence-corrected chi connectivity index (χ2v) is 14.5. The topological polar surface area (TPSA) is 12.9 Å². The number of fused-ring (bicyclic) bond motifs is 13. The van der Waals surface area contributed by atoms with E-state index in [9.17, 15) is 0 Å². The molecule has 8 aromatic carbocycles. The molecular weight excluding hydrogens is 639 g/mol. The van der Waals surface area contributed by atoms with Gasteiger partial charge in [0, 0.05) is 27.8 Å². The smallest absolute Gasteiger partial charge is 0.0794 e. The summed E-state index contributed by atoms with van der Waals surface area (Å²) in [6.07, 6.45) is 0. The van der Waals surface area contributed by atoms with E-state index in [0.29, 0.717) is 0 Å². The van der Waals surface area contributed by atoms with Crippen LogP contribution in [0.2, 0.25) is 0 Å². The highest BCUT2D eigenvalue weighted by molar-refractivity contribution is 6.21. The summed E-state index contributed by atoms with van der Waals surface area (Å²) in [6, 6.07) is 69.4. The van der Waals surface area contributed by atoms with Crippen LogP contribution in [-0.4, -0.2) is 4.98 Å². The second-order valence-electron chi connectivity index (χ2n) is 14.5. The zero-order valence-corrected chi connectivity index (χ0v) is 28.8. The monoisotopic (exact) mass is 669 g/mol. The second kappa shape index (κ2) is 10.6. The average molecular weight is 670 g/mol. The third kappa shape index (κ3) is 3.68. The maximum atomic E-state index is 5.81. The lowest BCUT2D eigenvalue weighted by Gasteiger charge is -2.30. The van der Waals surface area contributed by atoms with Crippen molar-refractivity contribution in [3.05, 3.63) is 210 Å². The average Bonchev–Trinajstić information content (AvgIpc) is 3.84. The molecule has 1 aromatic heterocycles. The summed E-state index contributed by atoms with van der Waals surface area (Å²) in [5, 5.41) is 2.56. The van der Waals surface area contributed by atoms with Crippen molar-refractivity contribution in [3.63, 3.8) is 0 Å². The van der Waals surface area contributed by atoms with Crippen molar-refractivity contribution in [2.24, 2.45) is 0 Å². The Morgan fingerprint density at radius 2 is 0.774 bits per heavy atom. The van der Waals surface area contributed by atoms with E-state index in [1.807, 2.05) is 0 Å². The fraction of sp³-hybridized carbons (Fsp3) is 0.0192. The summed E-state index contributed by atoms with van der Waals surface area (Å²) in [7, 11) is 0. The first-order valence-electron chi connectivity index (χ1n) is 18.5. The molecule has 0 saturated heterocycles. The number of hydrogen-bond donors (Lipinski definition) is 0. The van der Waals surface area contributed by atoms with Gasteiger partial charge in [0.15, 0.2) is 0 Å². The van der Waals surface area contributed by atoms with Gasteiger partial charge in [-0.25, -0.2) is 4.98 Å². The predicted octanol–water partition coefficient (Wildman–Crippen LogP) is 13.2. The van der Waals surface area contributed by atoms with Gasteiger partial charge in [-0.1, -0.05) is 182 Å². The van der Waals surface area contributed by atoms with Crippen LogP contribution in [0.25, 0.3) is 88.9 Å². The molecular formula is C52H31N. The first kappa shape index (κ1) is 28.8. The molecule has 9 aromatic rings. The molecule has 0 saturated carbocycles. The van der Waals surface area contributed by atoms with Crippen LogP contribution < -0.4 is 0 Å². The van der Waals surface area contributed by atoms with E-state index in [1.165, 1.54) is 88.7 Å². The van der Waals surface area contributed by atoms with Gasteiger partial charge in [0.2, 0.25) is 0 Å². The van der Waals surface area contributed by atoms with E-state index < -0.39 is 5.41 Å². The van der Waals surface area contributed by atoms with E-state index in [-0.39, 0.29) is 0 Å². The summed E-state index contributed by atoms with van der Waals surface area (Å²) in [5.74, 6) is 0. The van der Waals surface area contributed by atoms with E-state index >= 15 is 0 Å². The van der Waals surface area contributed by atoms with Crippen LogP contribution in [-0.2, 0) is 5.41 Å². The summed E-state index contributed by atoms with van der Waals surface area (Å²) in [6.45, 7) is 0. The molecule has 0 aliphatic heterocycles. The Bertz CT molecular complexity index is 2920. The van der Waals surface area contributed by atoms with Crippen molar-refractivity contribution in [2.45, 2.75) is 5.41 Å². The first-order chi connectivity index (χ1) is 26.3. The highest BCUT2D eigenvalue weighted by atomic mass is 14.7. The van der Waals surface area contributed by atoms with Crippen LogP contribution in [0.4, 0.5) is 0 Å². The van der Waals surface area contributed by atoms with Crippen molar-refractivity contribution < 1.29 is 0 Å². The summed E-state index contributed by atoms with van der Waals surface area (Å²) in [4.78, 5) is 5.81. The molecule has 0 amide bonds. The third-order valence-corrected chi connectivity index (χ3v) is 12.0. The van der Waals surface area contributed by atoms with Crippen molar-refractivity contribution in [1.29, 1.82) is 0 Å². The standard InChI is InChI=1S/C52H31N/c1-3-15-33(16-4-1)47-48-40-24-13-19-32-20-14-25-41(46(32)40)49(48)50(34-17-5-2-6-18-34)53-51(47)35-29-30-39-38-23-9-12-28-44(38)52(45(39)31-35)42-26-10-7-21-36(42)37-22-8-11-27-43(37)52/h1-31H. The van der Waals surface area contributed by atoms with Crippen LogP contribution in [0.5, 0.6) is 0 Å². The molecule has 0 bridgehead atoms. The number of nitrogens with zero attached hydrogens (tertiary/aromatic N) is 1. The van der Waals surface area contributed by atoms with Crippen LogP contribution in [0.15, 0.2) is 188 Å². The molecule has 0 atom stereocenters. The van der Waals surface area contributed by atoms with Crippen LogP contribution in [0, 0.1) is 0 Å². The Kier molecular flexibility index (Phi) is 5.77. The Balaban J connectivity index is 1.22. The SMILES string of the molecule is c1ccc(-c2nc(-c3ccc4c(c3)C3(c5ccccc5-c5ccccc53)c3ccccc3-4)c(-c3ccccc3)c3c2-c2cccc4cccc-3c24)cc1. The minimum Gasteiger partial charge on any atom is -0.246 e. The number of rotatable bonds is 3. The van der Waals surface area contributed by atoms with Gasteiger partial charge in [-0.2, -0.15) is 0 Å². The number of hydrogen-bond acceptors (Lipinski definition) is 1. The molecule has 0 N–H and O–H groups in total. The Morgan fingerprint density at radius 3 is 1.38 bits per heavy atom. The highest BCUT2D eigenvalue weighted by Crippen LogP contribution is 2.63. The van der Waals surface area contributed by atoms with Crippen LogP contribution >= 0.6 is 0 Å². The van der Waals surface area contributed by atoms with Crippen LogP contribution in [0.1, 0.15) is 22.3 Å². The van der Waals surface area contributed by atoms with Crippen molar-refractivity contribution in [1.82, 2.24) is 4.98 Å². The van der Waals surface area contributed by atoms with Gasteiger partial charge >= 0.3 is 0 Å². The molecule has 1 heteroatoms. The minimum atomic E-state index is -0.428. The summed E-state index contributed by atoms with van der Waals surface area (Å²) in [5.41, 5.74) is 21.8. The lowest BCUT2D eigenvalue weighted by atomic mass is 9.70. The van der Waals surface area contributed by atoms with Gasteiger partial charge in [0.25, 0.3) is 0 Å². The van der Waals surface area contributed by atoms with E-state index in [0.717, 1.165) is 22.5 Å². The third-order valence-electron chi connectivity index (χ3n) is 12.0. The molecule has 3 aliphatic carbocycles. The number of benzene rings is 8. The molecule has 1 heterocycles. The minimum absolute atomic E-state index is 0.428. The number of aromatic nitrogens is 1. The zero-order valence-electron chi connectivity index (χ0n) is 28.8. The van der Waals surface area contributed by atoms with Gasteiger partial charge in [0.05, 0.1) is 16.8 Å².